The topological polar surface area (TPSA) is 114 Å². The number of anilines is 2. The van der Waals surface area contributed by atoms with Gasteiger partial charge in [0, 0.05) is 5.70 Å². The van der Waals surface area contributed by atoms with Gasteiger partial charge in [-0.15, -0.1) is 0 Å². The highest BCUT2D eigenvalue weighted by Gasteiger charge is 2.34. The third kappa shape index (κ3) is 3.02. The Bertz CT molecular complexity index is 1060. The second-order valence-corrected chi connectivity index (χ2v) is 6.26. The Hall–Kier alpha value is -3.88. The van der Waals surface area contributed by atoms with Crippen LogP contribution >= 0.6 is 0 Å². The Morgan fingerprint density at radius 2 is 1.96 bits per heavy atom. The molecule has 142 valence electrons. The van der Waals surface area contributed by atoms with Crippen LogP contribution in [0.25, 0.3) is 0 Å². The van der Waals surface area contributed by atoms with E-state index in [2.05, 4.69) is 26.2 Å². The van der Waals surface area contributed by atoms with Crippen LogP contribution in [0, 0.1) is 0 Å². The van der Waals surface area contributed by atoms with E-state index in [1.807, 2.05) is 12.1 Å². The Kier molecular flexibility index (Phi) is 4.40. The standard InChI is InChI=1S/C19H18N6O3/c1-11-16(18(27)21-14-5-3-4-6-15(14)28-2)17(12-7-9-13(26)10-8-12)25-19(20-11)22-23-24-25/h3-10,17,26H,1-2H3,(H,21,27)(H,20,22,24)/t17-/m1/s1. The van der Waals surface area contributed by atoms with Crippen LogP contribution in [0.3, 0.4) is 0 Å². The molecule has 1 aliphatic rings. The van der Waals surface area contributed by atoms with Crippen LogP contribution in [-0.4, -0.2) is 38.3 Å². The van der Waals surface area contributed by atoms with Gasteiger partial charge >= 0.3 is 0 Å². The molecule has 0 spiro atoms. The molecule has 1 atom stereocenters. The monoisotopic (exact) mass is 378 g/mol. The van der Waals surface area contributed by atoms with Crippen LogP contribution in [0.4, 0.5) is 11.6 Å². The lowest BCUT2D eigenvalue weighted by molar-refractivity contribution is -0.113. The van der Waals surface area contributed by atoms with Crippen LogP contribution in [0.15, 0.2) is 59.8 Å². The van der Waals surface area contributed by atoms with Gasteiger partial charge in [-0.3, -0.25) is 4.79 Å². The number of hydrogen-bond donors (Lipinski definition) is 3. The van der Waals surface area contributed by atoms with Crippen LogP contribution in [0.1, 0.15) is 18.5 Å². The van der Waals surface area contributed by atoms with Crippen molar-refractivity contribution in [3.05, 3.63) is 65.4 Å². The predicted octanol–water partition coefficient (Wildman–Crippen LogP) is 2.31. The zero-order chi connectivity index (χ0) is 19.7. The van der Waals surface area contributed by atoms with E-state index >= 15 is 0 Å². The number of nitrogens with zero attached hydrogens (tertiary/aromatic N) is 4. The largest absolute Gasteiger partial charge is 0.508 e. The number of aromatic nitrogens is 4. The van der Waals surface area contributed by atoms with Crippen molar-refractivity contribution in [1.29, 1.82) is 0 Å². The summed E-state index contributed by atoms with van der Waals surface area (Å²) >= 11 is 0. The Labute approximate surface area is 160 Å². The zero-order valence-corrected chi connectivity index (χ0v) is 15.2. The minimum Gasteiger partial charge on any atom is -0.508 e. The summed E-state index contributed by atoms with van der Waals surface area (Å²) in [6, 6.07) is 13.2. The van der Waals surface area contributed by atoms with Gasteiger partial charge in [0.2, 0.25) is 5.95 Å². The van der Waals surface area contributed by atoms with Gasteiger partial charge < -0.3 is 20.5 Å². The van der Waals surface area contributed by atoms with Crippen LogP contribution < -0.4 is 15.4 Å². The number of para-hydroxylation sites is 2. The summed E-state index contributed by atoms with van der Waals surface area (Å²) in [5.41, 5.74) is 2.41. The third-order valence-corrected chi connectivity index (χ3v) is 4.52. The number of aromatic hydroxyl groups is 1. The first-order valence-electron chi connectivity index (χ1n) is 8.57. The van der Waals surface area contributed by atoms with Gasteiger partial charge in [-0.2, -0.15) is 4.68 Å². The molecule has 0 aliphatic carbocycles. The number of phenolic OH excluding ortho intramolecular Hbond substituents is 1. The molecule has 0 saturated heterocycles. The van der Waals surface area contributed by atoms with Crippen molar-refractivity contribution in [2.75, 3.05) is 17.7 Å². The van der Waals surface area contributed by atoms with Gasteiger partial charge in [0.1, 0.15) is 17.5 Å². The van der Waals surface area contributed by atoms with Crippen LogP contribution in [0.2, 0.25) is 0 Å². The number of tetrazole rings is 1. The van der Waals surface area contributed by atoms with E-state index in [9.17, 15) is 9.90 Å². The second-order valence-electron chi connectivity index (χ2n) is 6.26. The summed E-state index contributed by atoms with van der Waals surface area (Å²) in [7, 11) is 1.55. The van der Waals surface area contributed by atoms with E-state index in [0.717, 1.165) is 5.56 Å². The highest BCUT2D eigenvalue weighted by Crippen LogP contribution is 2.36. The van der Waals surface area contributed by atoms with Crippen molar-refractivity contribution in [3.63, 3.8) is 0 Å². The van der Waals surface area contributed by atoms with Crippen molar-refractivity contribution < 1.29 is 14.6 Å². The van der Waals surface area contributed by atoms with E-state index in [1.54, 1.807) is 50.4 Å². The molecule has 1 amide bonds. The lowest BCUT2D eigenvalue weighted by atomic mass is 9.95. The summed E-state index contributed by atoms with van der Waals surface area (Å²) in [6.07, 6.45) is 0. The number of rotatable bonds is 4. The normalized spacial score (nSPS) is 15.6. The fourth-order valence-electron chi connectivity index (χ4n) is 3.21. The van der Waals surface area contributed by atoms with E-state index in [0.29, 0.717) is 28.7 Å². The molecule has 4 rings (SSSR count). The number of amides is 1. The molecule has 9 nitrogen and oxygen atoms in total. The molecule has 28 heavy (non-hydrogen) atoms. The van der Waals surface area contributed by atoms with Crippen molar-refractivity contribution in [2.45, 2.75) is 13.0 Å². The molecule has 2 heterocycles. The fourth-order valence-corrected chi connectivity index (χ4v) is 3.21. The maximum atomic E-state index is 13.2. The van der Waals surface area contributed by atoms with Crippen molar-refractivity contribution in [2.24, 2.45) is 0 Å². The summed E-state index contributed by atoms with van der Waals surface area (Å²) in [5, 5.41) is 27.3. The summed E-state index contributed by atoms with van der Waals surface area (Å²) in [6.45, 7) is 1.79. The van der Waals surface area contributed by atoms with Gasteiger partial charge in [0.25, 0.3) is 5.91 Å². The highest BCUT2D eigenvalue weighted by atomic mass is 16.5. The molecule has 9 heteroatoms. The molecule has 0 fully saturated rings. The number of nitrogens with one attached hydrogen (secondary N) is 2. The Balaban J connectivity index is 1.76. The smallest absolute Gasteiger partial charge is 0.255 e. The molecule has 3 aromatic rings. The van der Waals surface area contributed by atoms with Gasteiger partial charge in [-0.25, -0.2) is 0 Å². The van der Waals surface area contributed by atoms with Crippen molar-refractivity contribution in [3.8, 4) is 11.5 Å². The highest BCUT2D eigenvalue weighted by molar-refractivity contribution is 6.06. The van der Waals surface area contributed by atoms with Gasteiger partial charge in [0.05, 0.1) is 18.4 Å². The van der Waals surface area contributed by atoms with Gasteiger partial charge in [-0.05, 0) is 47.2 Å². The maximum Gasteiger partial charge on any atom is 0.255 e. The van der Waals surface area contributed by atoms with E-state index in [1.165, 1.54) is 4.68 Å². The number of carbonyl (C=O) groups is 1. The minimum absolute atomic E-state index is 0.135. The van der Waals surface area contributed by atoms with Crippen molar-refractivity contribution in [1.82, 2.24) is 20.2 Å². The number of fused-ring (bicyclic) bond motifs is 1. The number of ether oxygens (including phenoxy) is 1. The van der Waals surface area contributed by atoms with E-state index in [-0.39, 0.29) is 11.7 Å². The molecule has 2 aromatic carbocycles. The number of methoxy groups -OCH3 is 1. The third-order valence-electron chi connectivity index (χ3n) is 4.52. The van der Waals surface area contributed by atoms with Gasteiger partial charge in [-0.1, -0.05) is 29.4 Å². The maximum absolute atomic E-state index is 13.2. The average molecular weight is 378 g/mol. The Morgan fingerprint density at radius 3 is 2.71 bits per heavy atom. The molecular formula is C19H18N6O3. The Morgan fingerprint density at radius 1 is 1.21 bits per heavy atom. The first-order valence-corrected chi connectivity index (χ1v) is 8.57. The number of phenols is 1. The molecule has 0 bridgehead atoms. The predicted molar refractivity (Wildman–Crippen MR) is 102 cm³/mol. The summed E-state index contributed by atoms with van der Waals surface area (Å²) < 4.78 is 6.86. The first kappa shape index (κ1) is 17.5. The molecule has 3 N–H and O–H groups in total. The number of hydrogen-bond acceptors (Lipinski definition) is 7. The minimum atomic E-state index is -0.554. The first-order chi connectivity index (χ1) is 13.6. The SMILES string of the molecule is COc1ccccc1NC(=O)C1=C(C)Nc2nnnn2[C@@H]1c1ccc(O)cc1. The van der Waals surface area contributed by atoms with E-state index < -0.39 is 6.04 Å². The molecule has 0 radical (unpaired) electrons. The number of carbonyl (C=O) groups excluding carboxylic acids is 1. The lowest BCUT2D eigenvalue weighted by Crippen LogP contribution is -2.31. The second kappa shape index (κ2) is 7.03. The van der Waals surface area contributed by atoms with Crippen LogP contribution in [-0.2, 0) is 4.79 Å². The molecule has 0 saturated carbocycles. The van der Waals surface area contributed by atoms with Crippen molar-refractivity contribution >= 4 is 17.5 Å². The molecular weight excluding hydrogens is 360 g/mol. The summed E-state index contributed by atoms with van der Waals surface area (Å²) in [4.78, 5) is 13.2. The molecule has 1 aromatic heterocycles. The number of allylic oxidation sites excluding steroid dienone is 1. The zero-order valence-electron chi connectivity index (χ0n) is 15.2. The average Bonchev–Trinajstić information content (AvgIpc) is 3.16. The molecule has 0 unspecified atom stereocenters. The van der Waals surface area contributed by atoms with Crippen LogP contribution in [0.5, 0.6) is 11.5 Å². The van der Waals surface area contributed by atoms with E-state index in [4.69, 9.17) is 4.74 Å². The quantitative estimate of drug-likeness (QED) is 0.638. The number of benzene rings is 2. The van der Waals surface area contributed by atoms with Gasteiger partial charge in [0.15, 0.2) is 0 Å². The fraction of sp³-hybridized carbons (Fsp3) is 0.158. The summed E-state index contributed by atoms with van der Waals surface area (Å²) in [5.74, 6) is 0.815. The lowest BCUT2D eigenvalue weighted by Gasteiger charge is -2.28. The molecule has 1 aliphatic heterocycles.